The first-order valence-corrected chi connectivity index (χ1v) is 13.8. The molecule has 0 bridgehead atoms. The molecular weight excluding hydrogens is 478 g/mol. The molecular formula is C26H31N5O4S. The first-order valence-electron chi connectivity index (χ1n) is 12.4. The molecule has 10 heteroatoms. The number of carbonyl (C=O) groups excluding carboxylic acids is 1. The molecule has 2 aromatic carbocycles. The van der Waals surface area contributed by atoms with Gasteiger partial charge in [-0.3, -0.25) is 9.69 Å². The molecule has 1 aromatic heterocycles. The summed E-state index contributed by atoms with van der Waals surface area (Å²) in [4.78, 5) is 22.2. The van der Waals surface area contributed by atoms with Gasteiger partial charge in [-0.05, 0) is 44.0 Å². The van der Waals surface area contributed by atoms with E-state index in [-0.39, 0.29) is 11.8 Å². The molecule has 5 rings (SSSR count). The standard InChI is InChI=1S/C26H31N5O4S/c1-20-8-5-6-12-23(20)25-27-24(35-28-25)19-29-13-7-9-21(18-29)26(32)30-14-16-31(17-15-30)36(33,34)22-10-3-2-4-11-22/h2-6,8,10-12,21H,7,9,13-19H2,1H3. The number of piperidine rings is 1. The second kappa shape index (κ2) is 10.5. The average molecular weight is 510 g/mol. The van der Waals surface area contributed by atoms with Crippen molar-refractivity contribution >= 4 is 15.9 Å². The molecule has 3 aromatic rings. The van der Waals surface area contributed by atoms with Crippen molar-refractivity contribution in [3.05, 3.63) is 66.1 Å². The first-order chi connectivity index (χ1) is 17.4. The third-order valence-electron chi connectivity index (χ3n) is 7.00. The van der Waals surface area contributed by atoms with Crippen molar-refractivity contribution in [2.75, 3.05) is 39.3 Å². The molecule has 0 radical (unpaired) electrons. The molecule has 9 nitrogen and oxygen atoms in total. The topological polar surface area (TPSA) is 99.9 Å². The summed E-state index contributed by atoms with van der Waals surface area (Å²) in [6.45, 7) is 5.45. The Hall–Kier alpha value is -3.08. The molecule has 36 heavy (non-hydrogen) atoms. The summed E-state index contributed by atoms with van der Waals surface area (Å²) < 4.78 is 32.8. The number of amides is 1. The van der Waals surface area contributed by atoms with Crippen LogP contribution in [0.4, 0.5) is 0 Å². The van der Waals surface area contributed by atoms with Gasteiger partial charge in [-0.2, -0.15) is 9.29 Å². The zero-order valence-electron chi connectivity index (χ0n) is 20.4. The molecule has 0 saturated carbocycles. The van der Waals surface area contributed by atoms with Crippen LogP contribution in [-0.2, 0) is 21.4 Å². The number of hydrogen-bond acceptors (Lipinski definition) is 7. The van der Waals surface area contributed by atoms with Gasteiger partial charge in [0.2, 0.25) is 27.6 Å². The minimum atomic E-state index is -3.54. The Morgan fingerprint density at radius 1 is 1.00 bits per heavy atom. The maximum absolute atomic E-state index is 13.3. The minimum Gasteiger partial charge on any atom is -0.340 e. The van der Waals surface area contributed by atoms with Crippen molar-refractivity contribution in [1.82, 2.24) is 24.2 Å². The highest BCUT2D eigenvalue weighted by Crippen LogP contribution is 2.24. The Bertz CT molecular complexity index is 1300. The molecule has 1 unspecified atom stereocenters. The maximum Gasteiger partial charge on any atom is 0.243 e. The monoisotopic (exact) mass is 509 g/mol. The van der Waals surface area contributed by atoms with Gasteiger partial charge in [-0.15, -0.1) is 0 Å². The number of aromatic nitrogens is 2. The molecule has 0 aliphatic carbocycles. The molecule has 2 aliphatic rings. The van der Waals surface area contributed by atoms with Crippen LogP contribution in [0.5, 0.6) is 0 Å². The van der Waals surface area contributed by atoms with Crippen molar-refractivity contribution in [3.8, 4) is 11.4 Å². The molecule has 1 amide bonds. The van der Waals surface area contributed by atoms with Crippen LogP contribution >= 0.6 is 0 Å². The SMILES string of the molecule is Cc1ccccc1-c1noc(CN2CCCC(C(=O)N3CCN(S(=O)(=O)c4ccccc4)CC3)C2)n1. The van der Waals surface area contributed by atoms with Gasteiger partial charge in [-0.1, -0.05) is 47.6 Å². The Balaban J connectivity index is 1.16. The number of nitrogens with zero attached hydrogens (tertiary/aromatic N) is 5. The van der Waals surface area contributed by atoms with E-state index in [1.165, 1.54) is 4.31 Å². The second-order valence-corrected chi connectivity index (χ2v) is 11.4. The van der Waals surface area contributed by atoms with Crippen LogP contribution in [-0.4, -0.2) is 77.8 Å². The lowest BCUT2D eigenvalue weighted by Gasteiger charge is -2.38. The summed E-state index contributed by atoms with van der Waals surface area (Å²) >= 11 is 0. The number of sulfonamides is 1. The third kappa shape index (κ3) is 5.21. The number of aryl methyl sites for hydroxylation is 1. The van der Waals surface area contributed by atoms with Gasteiger partial charge < -0.3 is 9.42 Å². The van der Waals surface area contributed by atoms with Crippen molar-refractivity contribution in [2.24, 2.45) is 5.92 Å². The summed E-state index contributed by atoms with van der Waals surface area (Å²) in [6.07, 6.45) is 1.74. The largest absolute Gasteiger partial charge is 0.340 e. The van der Waals surface area contributed by atoms with Gasteiger partial charge in [0, 0.05) is 38.3 Å². The number of rotatable bonds is 6. The van der Waals surface area contributed by atoms with Crippen LogP contribution in [0.2, 0.25) is 0 Å². The molecule has 0 spiro atoms. The van der Waals surface area contributed by atoms with Crippen molar-refractivity contribution < 1.29 is 17.7 Å². The highest BCUT2D eigenvalue weighted by atomic mass is 32.2. The van der Waals surface area contributed by atoms with E-state index in [0.29, 0.717) is 55.9 Å². The number of piperazine rings is 1. The molecule has 1 atom stereocenters. The zero-order valence-corrected chi connectivity index (χ0v) is 21.2. The Morgan fingerprint density at radius 3 is 2.47 bits per heavy atom. The fourth-order valence-electron chi connectivity index (χ4n) is 4.99. The quantitative estimate of drug-likeness (QED) is 0.504. The van der Waals surface area contributed by atoms with Gasteiger partial charge in [0.1, 0.15) is 0 Å². The number of likely N-dealkylation sites (tertiary alicyclic amines) is 1. The summed E-state index contributed by atoms with van der Waals surface area (Å²) in [5.41, 5.74) is 2.04. The average Bonchev–Trinajstić information content (AvgIpc) is 3.37. The van der Waals surface area contributed by atoms with Crippen LogP contribution in [0.3, 0.4) is 0 Å². The van der Waals surface area contributed by atoms with Gasteiger partial charge in [0.05, 0.1) is 17.4 Å². The van der Waals surface area contributed by atoms with Crippen LogP contribution < -0.4 is 0 Å². The van der Waals surface area contributed by atoms with Crippen LogP contribution in [0.15, 0.2) is 64.0 Å². The molecule has 190 valence electrons. The second-order valence-electron chi connectivity index (χ2n) is 9.44. The molecule has 2 aliphatic heterocycles. The number of benzene rings is 2. The van der Waals surface area contributed by atoms with Crippen LogP contribution in [0.1, 0.15) is 24.3 Å². The summed E-state index contributed by atoms with van der Waals surface area (Å²) in [7, 11) is -3.54. The highest BCUT2D eigenvalue weighted by molar-refractivity contribution is 7.89. The maximum atomic E-state index is 13.3. The van der Waals surface area contributed by atoms with Gasteiger partial charge in [0.25, 0.3) is 0 Å². The molecule has 2 saturated heterocycles. The van der Waals surface area contributed by atoms with Crippen LogP contribution in [0, 0.1) is 12.8 Å². The Morgan fingerprint density at radius 2 is 1.72 bits per heavy atom. The smallest absolute Gasteiger partial charge is 0.243 e. The van der Waals surface area contributed by atoms with E-state index >= 15 is 0 Å². The van der Waals surface area contributed by atoms with E-state index in [1.54, 1.807) is 30.3 Å². The normalized spacial score (nSPS) is 19.9. The van der Waals surface area contributed by atoms with E-state index in [0.717, 1.165) is 30.5 Å². The van der Waals surface area contributed by atoms with Crippen molar-refractivity contribution in [2.45, 2.75) is 31.2 Å². The fraction of sp³-hybridized carbons (Fsp3) is 0.423. The van der Waals surface area contributed by atoms with E-state index in [9.17, 15) is 13.2 Å². The summed E-state index contributed by atoms with van der Waals surface area (Å²) in [5, 5.41) is 4.15. The van der Waals surface area contributed by atoms with Gasteiger partial charge in [-0.25, -0.2) is 8.42 Å². The molecule has 2 fully saturated rings. The fourth-order valence-corrected chi connectivity index (χ4v) is 6.44. The highest BCUT2D eigenvalue weighted by Gasteiger charge is 2.34. The van der Waals surface area contributed by atoms with E-state index < -0.39 is 10.0 Å². The summed E-state index contributed by atoms with van der Waals surface area (Å²) in [5.74, 6) is 1.11. The number of carbonyl (C=O) groups is 1. The van der Waals surface area contributed by atoms with Crippen molar-refractivity contribution in [1.29, 1.82) is 0 Å². The number of hydrogen-bond donors (Lipinski definition) is 0. The van der Waals surface area contributed by atoms with Gasteiger partial charge >= 0.3 is 0 Å². The first kappa shape index (κ1) is 24.6. The predicted molar refractivity (Wildman–Crippen MR) is 134 cm³/mol. The predicted octanol–water partition coefficient (Wildman–Crippen LogP) is 2.79. The van der Waals surface area contributed by atoms with Crippen molar-refractivity contribution in [3.63, 3.8) is 0 Å². The van der Waals surface area contributed by atoms with Gasteiger partial charge in [0.15, 0.2) is 0 Å². The lowest BCUT2D eigenvalue weighted by Crippen LogP contribution is -2.53. The lowest BCUT2D eigenvalue weighted by atomic mass is 9.96. The van der Waals surface area contributed by atoms with E-state index in [4.69, 9.17) is 4.52 Å². The Labute approximate surface area is 211 Å². The molecule has 0 N–H and O–H groups in total. The molecule has 3 heterocycles. The zero-order chi connectivity index (χ0) is 25.1. The van der Waals surface area contributed by atoms with E-state index in [2.05, 4.69) is 15.0 Å². The van der Waals surface area contributed by atoms with Crippen LogP contribution in [0.25, 0.3) is 11.4 Å². The van der Waals surface area contributed by atoms with E-state index in [1.807, 2.05) is 36.1 Å². The lowest BCUT2D eigenvalue weighted by molar-refractivity contribution is -0.138. The summed E-state index contributed by atoms with van der Waals surface area (Å²) in [6, 6.07) is 16.4. The Kier molecular flexibility index (Phi) is 7.17. The third-order valence-corrected chi connectivity index (χ3v) is 8.91. The minimum absolute atomic E-state index is 0.0996.